The number of rotatable bonds is 11. The van der Waals surface area contributed by atoms with Crippen LogP contribution in [0, 0.1) is 11.3 Å². The fraction of sp³-hybridized carbons (Fsp3) is 0.464. The zero-order valence-corrected chi connectivity index (χ0v) is 20.9. The molecular formula is C28H32F3N4O2+. The SMILES string of the molecule is CC(C)(F)C[C@H]([NH2+][C@@H](c1ccc(-c2ccc(C3(C(N)=O)CC3)cc2)cc1)C(F)F)C(=O)NC1(C#N)CC1. The maximum Gasteiger partial charge on any atom is 0.293 e. The highest BCUT2D eigenvalue weighted by Gasteiger charge is 2.50. The normalized spacial score (nSPS) is 18.9. The molecule has 2 amide bonds. The van der Waals surface area contributed by atoms with Crippen LogP contribution in [0.15, 0.2) is 48.5 Å². The van der Waals surface area contributed by atoms with E-state index in [0.29, 0.717) is 18.4 Å². The van der Waals surface area contributed by atoms with E-state index in [1.165, 1.54) is 19.2 Å². The second-order valence-electron chi connectivity index (χ2n) is 10.9. The number of quaternary nitrogens is 1. The first kappa shape index (κ1) is 26.7. The average molecular weight is 514 g/mol. The number of alkyl halides is 3. The Balaban J connectivity index is 1.51. The number of carbonyl (C=O) groups excluding carboxylic acids is 2. The molecule has 0 aromatic heterocycles. The number of halogens is 3. The van der Waals surface area contributed by atoms with E-state index in [2.05, 4.69) is 5.32 Å². The highest BCUT2D eigenvalue weighted by molar-refractivity contribution is 5.90. The third kappa shape index (κ3) is 5.96. The lowest BCUT2D eigenvalue weighted by molar-refractivity contribution is -0.726. The lowest BCUT2D eigenvalue weighted by Gasteiger charge is -2.26. The second-order valence-corrected chi connectivity index (χ2v) is 10.9. The predicted molar refractivity (Wildman–Crippen MR) is 132 cm³/mol. The van der Waals surface area contributed by atoms with Crippen LogP contribution in [0.3, 0.4) is 0 Å². The highest BCUT2D eigenvalue weighted by atomic mass is 19.3. The highest BCUT2D eigenvalue weighted by Crippen LogP contribution is 2.48. The predicted octanol–water partition coefficient (Wildman–Crippen LogP) is 3.42. The van der Waals surface area contributed by atoms with Crippen molar-refractivity contribution in [3.05, 3.63) is 59.7 Å². The van der Waals surface area contributed by atoms with Crippen molar-refractivity contribution < 1.29 is 28.1 Å². The summed E-state index contributed by atoms with van der Waals surface area (Å²) in [4.78, 5) is 24.6. The number of benzene rings is 2. The van der Waals surface area contributed by atoms with E-state index in [0.717, 1.165) is 29.5 Å². The quantitative estimate of drug-likeness (QED) is 0.428. The molecule has 0 saturated heterocycles. The summed E-state index contributed by atoms with van der Waals surface area (Å²) >= 11 is 0. The van der Waals surface area contributed by atoms with Gasteiger partial charge in [0.05, 0.1) is 11.5 Å². The number of hydrogen-bond acceptors (Lipinski definition) is 3. The van der Waals surface area contributed by atoms with E-state index in [1.54, 1.807) is 24.3 Å². The van der Waals surface area contributed by atoms with Gasteiger partial charge in [-0.3, -0.25) is 9.59 Å². The van der Waals surface area contributed by atoms with Crippen molar-refractivity contribution in [2.75, 3.05) is 0 Å². The molecule has 2 aromatic carbocycles. The van der Waals surface area contributed by atoms with Crippen LogP contribution >= 0.6 is 0 Å². The molecule has 196 valence electrons. The Morgan fingerprint density at radius 1 is 1.05 bits per heavy atom. The molecule has 2 aromatic rings. The fourth-order valence-corrected chi connectivity index (χ4v) is 4.76. The molecule has 0 heterocycles. The molecular weight excluding hydrogens is 481 g/mol. The Morgan fingerprint density at radius 3 is 2.00 bits per heavy atom. The minimum atomic E-state index is -2.81. The van der Waals surface area contributed by atoms with E-state index in [4.69, 9.17) is 5.73 Å². The maximum absolute atomic E-state index is 14.5. The van der Waals surface area contributed by atoms with E-state index >= 15 is 0 Å². The smallest absolute Gasteiger partial charge is 0.293 e. The molecule has 5 N–H and O–H groups in total. The molecule has 0 bridgehead atoms. The summed E-state index contributed by atoms with van der Waals surface area (Å²) in [5, 5.41) is 13.1. The van der Waals surface area contributed by atoms with Crippen molar-refractivity contribution in [3.63, 3.8) is 0 Å². The Labute approximate surface area is 214 Å². The van der Waals surface area contributed by atoms with E-state index < -0.39 is 41.0 Å². The Kier molecular flexibility index (Phi) is 7.08. The first-order valence-corrected chi connectivity index (χ1v) is 12.4. The van der Waals surface area contributed by atoms with Gasteiger partial charge in [0, 0.05) is 12.0 Å². The number of nitrogens with two attached hydrogens (primary N) is 2. The molecule has 0 spiro atoms. The van der Waals surface area contributed by atoms with Gasteiger partial charge in [0.2, 0.25) is 5.91 Å². The van der Waals surface area contributed by atoms with E-state index in [9.17, 15) is 28.0 Å². The molecule has 2 atom stereocenters. The number of nitriles is 1. The molecule has 0 aliphatic heterocycles. The molecule has 0 radical (unpaired) electrons. The summed E-state index contributed by atoms with van der Waals surface area (Å²) in [6.07, 6.45) is -0.634. The van der Waals surface area contributed by atoms with Crippen molar-refractivity contribution in [2.24, 2.45) is 5.73 Å². The second kappa shape index (κ2) is 9.82. The van der Waals surface area contributed by atoms with Gasteiger partial charge in [-0.1, -0.05) is 48.5 Å². The lowest BCUT2D eigenvalue weighted by Crippen LogP contribution is -2.95. The standard InChI is InChI=1S/C28H31F3N4O2/c1-26(2,31)15-21(24(36)35-27(16-32)11-12-27)34-22(23(29)30)19-5-3-17(4-6-19)18-7-9-20(10-8-18)28(13-14-28)25(33)37/h3-10,21-23,34H,11-15H2,1-2H3,(H2,33,37)(H,35,36)/p+1/t21-,22-/m0/s1. The Hall–Kier alpha value is -3.38. The molecule has 37 heavy (non-hydrogen) atoms. The number of amides is 2. The van der Waals surface area contributed by atoms with Crippen molar-refractivity contribution in [1.82, 2.24) is 5.32 Å². The molecule has 2 fully saturated rings. The largest absolute Gasteiger partial charge is 0.369 e. The van der Waals surface area contributed by atoms with Crippen LogP contribution < -0.4 is 16.4 Å². The molecule has 2 aliphatic carbocycles. The molecule has 4 rings (SSSR count). The number of hydrogen-bond donors (Lipinski definition) is 3. The Bertz CT molecular complexity index is 1190. The Morgan fingerprint density at radius 2 is 1.59 bits per heavy atom. The average Bonchev–Trinajstić information content (AvgIpc) is 3.77. The van der Waals surface area contributed by atoms with Crippen LogP contribution in [0.25, 0.3) is 11.1 Å². The van der Waals surface area contributed by atoms with Crippen molar-refractivity contribution in [1.29, 1.82) is 5.26 Å². The maximum atomic E-state index is 14.5. The minimum Gasteiger partial charge on any atom is -0.369 e. The van der Waals surface area contributed by atoms with Crippen LogP contribution in [0.2, 0.25) is 0 Å². The monoisotopic (exact) mass is 513 g/mol. The third-order valence-electron chi connectivity index (χ3n) is 7.37. The third-order valence-corrected chi connectivity index (χ3v) is 7.37. The number of nitrogens with one attached hydrogen (secondary N) is 1. The van der Waals surface area contributed by atoms with Gasteiger partial charge in [0.15, 0.2) is 12.1 Å². The van der Waals surface area contributed by atoms with Gasteiger partial charge in [-0.25, -0.2) is 13.2 Å². The summed E-state index contributed by atoms with van der Waals surface area (Å²) in [6, 6.07) is 13.6. The van der Waals surface area contributed by atoms with Crippen molar-refractivity contribution in [2.45, 2.75) is 81.1 Å². The number of carbonyl (C=O) groups is 2. The van der Waals surface area contributed by atoms with E-state index in [-0.39, 0.29) is 12.3 Å². The molecule has 2 saturated carbocycles. The van der Waals surface area contributed by atoms with Gasteiger partial charge < -0.3 is 16.4 Å². The summed E-state index contributed by atoms with van der Waals surface area (Å²) in [5.74, 6) is -0.946. The molecule has 6 nitrogen and oxygen atoms in total. The van der Waals surface area contributed by atoms with Gasteiger partial charge in [-0.15, -0.1) is 0 Å². The molecule has 2 aliphatic rings. The van der Waals surface area contributed by atoms with Gasteiger partial charge in [-0.2, -0.15) is 5.26 Å². The van der Waals surface area contributed by atoms with Gasteiger partial charge in [0.1, 0.15) is 11.2 Å². The van der Waals surface area contributed by atoms with Crippen molar-refractivity contribution in [3.8, 4) is 17.2 Å². The summed E-state index contributed by atoms with van der Waals surface area (Å²) < 4.78 is 42.8. The van der Waals surface area contributed by atoms with E-state index in [1.807, 2.05) is 30.3 Å². The summed E-state index contributed by atoms with van der Waals surface area (Å²) in [7, 11) is 0. The van der Waals surface area contributed by atoms with Gasteiger partial charge in [-0.05, 0) is 56.2 Å². The van der Waals surface area contributed by atoms with Crippen LogP contribution in [0.4, 0.5) is 13.2 Å². The first-order valence-electron chi connectivity index (χ1n) is 12.4. The van der Waals surface area contributed by atoms with Crippen LogP contribution in [0.5, 0.6) is 0 Å². The van der Waals surface area contributed by atoms with Crippen LogP contribution in [0.1, 0.15) is 63.1 Å². The molecule has 9 heteroatoms. The van der Waals surface area contributed by atoms with Crippen LogP contribution in [-0.4, -0.2) is 35.5 Å². The van der Waals surface area contributed by atoms with Crippen molar-refractivity contribution >= 4 is 11.8 Å². The zero-order valence-electron chi connectivity index (χ0n) is 20.9. The minimum absolute atomic E-state index is 0.277. The number of nitrogens with zero attached hydrogens (tertiary/aromatic N) is 1. The topological polar surface area (TPSA) is 113 Å². The first-order chi connectivity index (χ1) is 17.4. The fourth-order valence-electron chi connectivity index (χ4n) is 4.76. The van der Waals surface area contributed by atoms with Gasteiger partial charge in [0.25, 0.3) is 12.3 Å². The number of primary amides is 1. The molecule has 0 unspecified atom stereocenters. The summed E-state index contributed by atoms with van der Waals surface area (Å²) in [5.41, 5.74) is 5.06. The van der Waals surface area contributed by atoms with Gasteiger partial charge >= 0.3 is 0 Å². The lowest BCUT2D eigenvalue weighted by atomic mass is 9.92. The van der Waals surface area contributed by atoms with Crippen LogP contribution in [-0.2, 0) is 15.0 Å². The zero-order chi connectivity index (χ0) is 27.0. The summed E-state index contributed by atoms with van der Waals surface area (Å²) in [6.45, 7) is 2.59.